The van der Waals surface area contributed by atoms with Crippen LogP contribution in [0.5, 0.6) is 0 Å². The largest absolute Gasteiger partial charge is 0.354 e. The van der Waals surface area contributed by atoms with Gasteiger partial charge in [0.2, 0.25) is 0 Å². The number of nitrogens with zero attached hydrogens (tertiary/aromatic N) is 2. The lowest BCUT2D eigenvalue weighted by atomic mass is 10.0. The van der Waals surface area contributed by atoms with Crippen LogP contribution >= 0.6 is 22.9 Å². The van der Waals surface area contributed by atoms with Crippen LogP contribution in [0.2, 0.25) is 5.02 Å². The van der Waals surface area contributed by atoms with Crippen molar-refractivity contribution < 1.29 is 0 Å². The third-order valence-corrected chi connectivity index (χ3v) is 6.05. The van der Waals surface area contributed by atoms with E-state index >= 15 is 0 Å². The van der Waals surface area contributed by atoms with Crippen molar-refractivity contribution in [1.82, 2.24) is 10.2 Å². The molecule has 0 spiro atoms. The highest BCUT2D eigenvalue weighted by Crippen LogP contribution is 2.24. The highest BCUT2D eigenvalue weighted by Gasteiger charge is 2.26. The molecule has 0 saturated carbocycles. The minimum absolute atomic E-state index is 0.0726. The zero-order chi connectivity index (χ0) is 19.2. The number of nitrogens with one attached hydrogen (secondary N) is 1. The molecule has 1 aromatic heterocycles. The Morgan fingerprint density at radius 1 is 1.04 bits per heavy atom. The van der Waals surface area contributed by atoms with Crippen LogP contribution in [0.1, 0.15) is 28.5 Å². The van der Waals surface area contributed by atoms with Gasteiger partial charge in [0.15, 0.2) is 0 Å². The summed E-state index contributed by atoms with van der Waals surface area (Å²) in [5.74, 6) is 1.11. The van der Waals surface area contributed by atoms with Crippen molar-refractivity contribution in [2.45, 2.75) is 25.6 Å². The van der Waals surface area contributed by atoms with Gasteiger partial charge < -0.3 is 10.2 Å². The molecule has 0 aliphatic carbocycles. The number of hydrogen-bond acceptors (Lipinski definition) is 3. The second-order valence-corrected chi connectivity index (χ2v) is 8.42. The van der Waals surface area contributed by atoms with Gasteiger partial charge in [-0.3, -0.25) is 4.99 Å². The highest BCUT2D eigenvalue weighted by molar-refractivity contribution is 7.09. The first-order valence-electron chi connectivity index (χ1n) is 9.64. The van der Waals surface area contributed by atoms with Crippen molar-refractivity contribution in [3.8, 4) is 0 Å². The maximum atomic E-state index is 6.12. The Morgan fingerprint density at radius 3 is 2.61 bits per heavy atom. The third kappa shape index (κ3) is 4.82. The van der Waals surface area contributed by atoms with Crippen LogP contribution in [0.25, 0.3) is 0 Å². The maximum absolute atomic E-state index is 6.12. The van der Waals surface area contributed by atoms with Gasteiger partial charge in [0.1, 0.15) is 5.84 Å². The van der Waals surface area contributed by atoms with Crippen LogP contribution in [-0.4, -0.2) is 23.8 Å². The number of benzene rings is 2. The Kier molecular flexibility index (Phi) is 6.42. The van der Waals surface area contributed by atoms with E-state index in [2.05, 4.69) is 70.2 Å². The molecule has 1 saturated heterocycles. The van der Waals surface area contributed by atoms with Gasteiger partial charge in [-0.15, -0.1) is 11.3 Å². The summed E-state index contributed by atoms with van der Waals surface area (Å²) in [6, 6.07) is 23.1. The molecule has 4 rings (SSSR count). The van der Waals surface area contributed by atoms with E-state index < -0.39 is 0 Å². The van der Waals surface area contributed by atoms with Crippen molar-refractivity contribution in [1.29, 1.82) is 0 Å². The van der Waals surface area contributed by atoms with Gasteiger partial charge in [-0.25, -0.2) is 0 Å². The van der Waals surface area contributed by atoms with Crippen LogP contribution in [0.3, 0.4) is 0 Å². The summed E-state index contributed by atoms with van der Waals surface area (Å²) in [4.78, 5) is 8.82. The Morgan fingerprint density at radius 2 is 1.86 bits per heavy atom. The van der Waals surface area contributed by atoms with E-state index in [0.29, 0.717) is 6.54 Å². The smallest absolute Gasteiger partial charge is 0.121 e. The molecular weight excluding hydrogens is 386 g/mol. The van der Waals surface area contributed by atoms with Crippen LogP contribution in [0.15, 0.2) is 77.1 Å². The summed E-state index contributed by atoms with van der Waals surface area (Å²) in [5, 5.41) is 6.57. The van der Waals surface area contributed by atoms with Crippen molar-refractivity contribution in [3.63, 3.8) is 0 Å². The van der Waals surface area contributed by atoms with Gasteiger partial charge >= 0.3 is 0 Å². The molecule has 3 aromatic rings. The second-order valence-electron chi connectivity index (χ2n) is 6.95. The number of thiophene rings is 1. The van der Waals surface area contributed by atoms with Gasteiger partial charge in [-0.1, -0.05) is 60.1 Å². The van der Waals surface area contributed by atoms with E-state index in [4.69, 9.17) is 16.6 Å². The molecule has 0 bridgehead atoms. The topological polar surface area (TPSA) is 27.6 Å². The number of halogens is 1. The number of rotatable bonds is 5. The zero-order valence-corrected chi connectivity index (χ0v) is 17.3. The molecule has 5 heteroatoms. The molecule has 144 valence electrons. The first kappa shape index (κ1) is 19.2. The summed E-state index contributed by atoms with van der Waals surface area (Å²) in [7, 11) is 0. The average molecular weight is 410 g/mol. The predicted molar refractivity (Wildman–Crippen MR) is 119 cm³/mol. The van der Waals surface area contributed by atoms with Crippen molar-refractivity contribution in [3.05, 3.63) is 93.1 Å². The van der Waals surface area contributed by atoms with E-state index in [0.717, 1.165) is 36.9 Å². The molecule has 1 aliphatic heterocycles. The van der Waals surface area contributed by atoms with Gasteiger partial charge in [0.25, 0.3) is 0 Å². The quantitative estimate of drug-likeness (QED) is 0.599. The molecule has 1 N–H and O–H groups in total. The van der Waals surface area contributed by atoms with Gasteiger partial charge in [-0.2, -0.15) is 0 Å². The first-order valence-corrected chi connectivity index (χ1v) is 10.9. The monoisotopic (exact) mass is 409 g/mol. The molecule has 1 fully saturated rings. The van der Waals surface area contributed by atoms with Crippen molar-refractivity contribution >= 4 is 28.8 Å². The molecule has 2 aromatic carbocycles. The fourth-order valence-corrected chi connectivity index (χ4v) is 4.30. The number of aliphatic imine (C=N–C) groups is 1. The molecule has 2 heterocycles. The zero-order valence-electron chi connectivity index (χ0n) is 15.7. The van der Waals surface area contributed by atoms with Gasteiger partial charge in [-0.05, 0) is 47.7 Å². The first-order chi connectivity index (χ1) is 13.8. The minimum Gasteiger partial charge on any atom is -0.354 e. The fraction of sp³-hybridized carbons (Fsp3) is 0.261. The van der Waals surface area contributed by atoms with Gasteiger partial charge in [0, 0.05) is 23.0 Å². The minimum atomic E-state index is 0.0726. The predicted octanol–water partition coefficient (Wildman–Crippen LogP) is 5.54. The summed E-state index contributed by atoms with van der Waals surface area (Å²) < 4.78 is 0. The molecule has 1 aliphatic rings. The lowest BCUT2D eigenvalue weighted by molar-refractivity contribution is 0.408. The van der Waals surface area contributed by atoms with E-state index in [-0.39, 0.29) is 6.04 Å². The molecule has 0 radical (unpaired) electrons. The molecule has 28 heavy (non-hydrogen) atoms. The lowest BCUT2D eigenvalue weighted by Gasteiger charge is -2.29. The van der Waals surface area contributed by atoms with Gasteiger partial charge in [0.05, 0.1) is 12.6 Å². The Hall–Kier alpha value is -2.14. The SMILES string of the molecule is Clc1ccc(C2NCCCN(Cc3ccccc3)/C2=N\Cc2cccs2)cc1. The van der Waals surface area contributed by atoms with E-state index in [1.54, 1.807) is 11.3 Å². The van der Waals surface area contributed by atoms with Crippen LogP contribution in [-0.2, 0) is 13.1 Å². The highest BCUT2D eigenvalue weighted by atomic mass is 35.5. The van der Waals surface area contributed by atoms with E-state index in [1.165, 1.54) is 16.0 Å². The van der Waals surface area contributed by atoms with Crippen LogP contribution in [0, 0.1) is 0 Å². The summed E-state index contributed by atoms with van der Waals surface area (Å²) in [6.07, 6.45) is 1.09. The Labute approximate surface area is 175 Å². The second kappa shape index (κ2) is 9.37. The van der Waals surface area contributed by atoms with Crippen LogP contribution < -0.4 is 5.32 Å². The Balaban J connectivity index is 1.67. The van der Waals surface area contributed by atoms with Crippen molar-refractivity contribution in [2.24, 2.45) is 4.99 Å². The number of amidine groups is 1. The third-order valence-electron chi connectivity index (χ3n) is 4.93. The molecule has 1 unspecified atom stereocenters. The molecule has 3 nitrogen and oxygen atoms in total. The molecular formula is C23H24ClN3S. The molecule has 0 amide bonds. The molecule has 1 atom stereocenters. The summed E-state index contributed by atoms with van der Waals surface area (Å²) in [5.41, 5.74) is 2.51. The summed E-state index contributed by atoms with van der Waals surface area (Å²) >= 11 is 7.88. The Bertz CT molecular complexity index is 891. The van der Waals surface area contributed by atoms with Crippen LogP contribution in [0.4, 0.5) is 0 Å². The van der Waals surface area contributed by atoms with E-state index in [9.17, 15) is 0 Å². The average Bonchev–Trinajstić information content (AvgIpc) is 3.17. The maximum Gasteiger partial charge on any atom is 0.121 e. The standard InChI is InChI=1S/C23H24ClN3S/c24-20-11-9-19(10-12-20)22-23(26-16-21-8-4-15-28-21)27(14-5-13-25-22)17-18-6-2-1-3-7-18/h1-4,6-12,15,22,25H,5,13-14,16-17H2/b26-23-. The lowest BCUT2D eigenvalue weighted by Crippen LogP contribution is -2.37. The number of hydrogen-bond donors (Lipinski definition) is 1. The normalized spacial score (nSPS) is 19.0. The van der Waals surface area contributed by atoms with Crippen molar-refractivity contribution in [2.75, 3.05) is 13.1 Å². The van der Waals surface area contributed by atoms with E-state index in [1.807, 2.05) is 12.1 Å². The fourth-order valence-electron chi connectivity index (χ4n) is 3.54. The summed E-state index contributed by atoms with van der Waals surface area (Å²) in [6.45, 7) is 3.55.